The second-order valence-electron chi connectivity index (χ2n) is 4.57. The molecule has 102 valence electrons. The highest BCUT2D eigenvalue weighted by atomic mass is 16.4. The van der Waals surface area contributed by atoms with Gasteiger partial charge in [-0.05, 0) is 13.3 Å². The normalized spacial score (nSPS) is 20.3. The van der Waals surface area contributed by atoms with Crippen LogP contribution in [0.25, 0.3) is 0 Å². The van der Waals surface area contributed by atoms with Crippen LogP contribution in [0.1, 0.15) is 27.2 Å². The molecule has 0 bridgehead atoms. The van der Waals surface area contributed by atoms with Crippen molar-refractivity contribution in [2.24, 2.45) is 0 Å². The van der Waals surface area contributed by atoms with E-state index in [1.165, 1.54) is 13.8 Å². The first-order valence-corrected chi connectivity index (χ1v) is 6.11. The van der Waals surface area contributed by atoms with Crippen LogP contribution in [-0.2, 0) is 14.4 Å². The zero-order valence-electron chi connectivity index (χ0n) is 11.1. The van der Waals surface area contributed by atoms with E-state index in [1.54, 1.807) is 16.7 Å². The number of nitrogens with zero attached hydrogens (tertiary/aromatic N) is 2. The summed E-state index contributed by atoms with van der Waals surface area (Å²) in [7, 11) is 0. The Morgan fingerprint density at radius 2 is 1.61 bits per heavy atom. The largest absolute Gasteiger partial charge is 0.480 e. The smallest absolute Gasteiger partial charge is 0.331 e. The molecule has 1 fully saturated rings. The van der Waals surface area contributed by atoms with Gasteiger partial charge in [-0.25, -0.2) is 4.79 Å². The van der Waals surface area contributed by atoms with Crippen molar-refractivity contribution in [3.8, 4) is 0 Å². The van der Waals surface area contributed by atoms with E-state index in [9.17, 15) is 19.5 Å². The minimum absolute atomic E-state index is 0.0186. The lowest BCUT2D eigenvalue weighted by Gasteiger charge is -2.43. The zero-order valence-corrected chi connectivity index (χ0v) is 11.1. The third-order valence-electron chi connectivity index (χ3n) is 3.71. The predicted molar refractivity (Wildman–Crippen MR) is 65.2 cm³/mol. The fraction of sp³-hybridized carbons (Fsp3) is 0.750. The summed E-state index contributed by atoms with van der Waals surface area (Å²) in [5.74, 6) is -1.47. The van der Waals surface area contributed by atoms with E-state index in [-0.39, 0.29) is 18.1 Å². The molecule has 1 heterocycles. The molecule has 1 aliphatic heterocycles. The van der Waals surface area contributed by atoms with E-state index in [0.717, 1.165) is 0 Å². The fourth-order valence-electron chi connectivity index (χ4n) is 2.54. The molecular weight excluding hydrogens is 236 g/mol. The molecule has 1 rings (SSSR count). The molecule has 6 heteroatoms. The lowest BCUT2D eigenvalue weighted by Crippen LogP contribution is -2.64. The van der Waals surface area contributed by atoms with E-state index >= 15 is 0 Å². The summed E-state index contributed by atoms with van der Waals surface area (Å²) in [5, 5.41) is 9.38. The SMILES string of the molecule is CCC(C(C)=O)(C(=O)O)N1CCN(C(C)=O)CC1. The maximum atomic E-state index is 11.8. The number of carbonyl (C=O) groups is 3. The molecule has 0 aromatic carbocycles. The van der Waals surface area contributed by atoms with Crippen molar-refractivity contribution in [3.63, 3.8) is 0 Å². The van der Waals surface area contributed by atoms with Crippen molar-refractivity contribution in [1.29, 1.82) is 0 Å². The number of carboxylic acids is 1. The van der Waals surface area contributed by atoms with Crippen molar-refractivity contribution >= 4 is 17.7 Å². The van der Waals surface area contributed by atoms with Gasteiger partial charge in [0.15, 0.2) is 11.3 Å². The van der Waals surface area contributed by atoms with Gasteiger partial charge in [0.05, 0.1) is 0 Å². The van der Waals surface area contributed by atoms with Gasteiger partial charge >= 0.3 is 5.97 Å². The molecule has 0 aliphatic carbocycles. The van der Waals surface area contributed by atoms with Crippen molar-refractivity contribution in [3.05, 3.63) is 0 Å². The lowest BCUT2D eigenvalue weighted by atomic mass is 9.88. The molecule has 1 amide bonds. The molecule has 1 unspecified atom stereocenters. The summed E-state index contributed by atoms with van der Waals surface area (Å²) >= 11 is 0. The summed E-state index contributed by atoms with van der Waals surface area (Å²) in [6.07, 6.45) is 0.234. The van der Waals surface area contributed by atoms with Gasteiger partial charge < -0.3 is 10.0 Å². The van der Waals surface area contributed by atoms with Crippen molar-refractivity contribution in [2.45, 2.75) is 32.7 Å². The highest BCUT2D eigenvalue weighted by molar-refractivity contribution is 6.06. The second kappa shape index (κ2) is 5.48. The van der Waals surface area contributed by atoms with Crippen LogP contribution in [0.3, 0.4) is 0 Å². The maximum absolute atomic E-state index is 11.8. The summed E-state index contributed by atoms with van der Waals surface area (Å²) in [6, 6.07) is 0. The monoisotopic (exact) mass is 256 g/mol. The van der Waals surface area contributed by atoms with Crippen LogP contribution < -0.4 is 0 Å². The lowest BCUT2D eigenvalue weighted by molar-refractivity contribution is -0.159. The number of aliphatic carboxylic acids is 1. The average Bonchev–Trinajstić information content (AvgIpc) is 2.30. The van der Waals surface area contributed by atoms with Gasteiger partial charge in [0.2, 0.25) is 5.91 Å². The minimum atomic E-state index is -1.44. The van der Waals surface area contributed by atoms with Gasteiger partial charge in [-0.15, -0.1) is 0 Å². The third kappa shape index (κ3) is 2.38. The van der Waals surface area contributed by atoms with Crippen molar-refractivity contribution in [2.75, 3.05) is 26.2 Å². The van der Waals surface area contributed by atoms with Crippen molar-refractivity contribution in [1.82, 2.24) is 9.80 Å². The number of rotatable bonds is 4. The molecule has 1 N–H and O–H groups in total. The maximum Gasteiger partial charge on any atom is 0.331 e. The Hall–Kier alpha value is -1.43. The predicted octanol–water partition coefficient (Wildman–Crippen LogP) is -0.0271. The van der Waals surface area contributed by atoms with Crippen LogP contribution in [0.5, 0.6) is 0 Å². The summed E-state index contributed by atoms with van der Waals surface area (Å²) in [5.41, 5.74) is -1.44. The molecule has 0 spiro atoms. The Bertz CT molecular complexity index is 345. The molecule has 0 saturated carbocycles. The Morgan fingerprint density at radius 1 is 1.11 bits per heavy atom. The van der Waals surface area contributed by atoms with Gasteiger partial charge in [0.25, 0.3) is 0 Å². The van der Waals surface area contributed by atoms with Crippen LogP contribution >= 0.6 is 0 Å². The van der Waals surface area contributed by atoms with Gasteiger partial charge in [0.1, 0.15) is 0 Å². The summed E-state index contributed by atoms with van der Waals surface area (Å²) < 4.78 is 0. The Labute approximate surface area is 107 Å². The number of hydrogen-bond acceptors (Lipinski definition) is 4. The quantitative estimate of drug-likeness (QED) is 0.715. The van der Waals surface area contributed by atoms with E-state index in [2.05, 4.69) is 0 Å². The number of amides is 1. The van der Waals surface area contributed by atoms with E-state index < -0.39 is 11.5 Å². The average molecular weight is 256 g/mol. The van der Waals surface area contributed by atoms with Crippen LogP contribution in [0.15, 0.2) is 0 Å². The molecule has 6 nitrogen and oxygen atoms in total. The molecule has 18 heavy (non-hydrogen) atoms. The topological polar surface area (TPSA) is 77.9 Å². The summed E-state index contributed by atoms with van der Waals surface area (Å²) in [4.78, 5) is 37.8. The van der Waals surface area contributed by atoms with Gasteiger partial charge in [-0.1, -0.05) is 6.92 Å². The standard InChI is InChI=1S/C12H20N2O4/c1-4-12(9(2)15,11(17)18)14-7-5-13(6-8-14)10(3)16/h4-8H2,1-3H3,(H,17,18). The van der Waals surface area contributed by atoms with Crippen molar-refractivity contribution < 1.29 is 19.5 Å². The van der Waals surface area contributed by atoms with Crippen LogP contribution in [0.2, 0.25) is 0 Å². The molecular formula is C12H20N2O4. The first-order chi connectivity index (χ1) is 8.36. The zero-order chi connectivity index (χ0) is 13.9. The van der Waals surface area contributed by atoms with Crippen LogP contribution in [0.4, 0.5) is 0 Å². The van der Waals surface area contributed by atoms with Crippen LogP contribution in [0, 0.1) is 0 Å². The molecule has 0 aromatic rings. The van der Waals surface area contributed by atoms with E-state index in [0.29, 0.717) is 26.2 Å². The highest BCUT2D eigenvalue weighted by Crippen LogP contribution is 2.23. The Kier molecular flexibility index (Phi) is 4.45. The van der Waals surface area contributed by atoms with Gasteiger partial charge in [-0.2, -0.15) is 0 Å². The first-order valence-electron chi connectivity index (χ1n) is 6.11. The minimum Gasteiger partial charge on any atom is -0.480 e. The third-order valence-corrected chi connectivity index (χ3v) is 3.71. The number of Topliss-reactive ketones (excluding diaryl/α,β-unsaturated/α-hetero) is 1. The first kappa shape index (κ1) is 14.6. The number of carboxylic acid groups (broad SMARTS) is 1. The molecule has 1 aliphatic rings. The number of carbonyl (C=O) groups excluding carboxylic acids is 2. The number of ketones is 1. The molecule has 1 atom stereocenters. The van der Waals surface area contributed by atoms with Crippen LogP contribution in [-0.4, -0.2) is 64.3 Å². The molecule has 0 radical (unpaired) electrons. The van der Waals surface area contributed by atoms with E-state index in [4.69, 9.17) is 0 Å². The van der Waals surface area contributed by atoms with Gasteiger partial charge in [-0.3, -0.25) is 14.5 Å². The molecule has 1 saturated heterocycles. The summed E-state index contributed by atoms with van der Waals surface area (Å²) in [6.45, 7) is 6.28. The highest BCUT2D eigenvalue weighted by Gasteiger charge is 2.48. The second-order valence-corrected chi connectivity index (χ2v) is 4.57. The Morgan fingerprint density at radius 3 is 1.89 bits per heavy atom. The molecule has 0 aromatic heterocycles. The Balaban J connectivity index is 2.88. The number of hydrogen-bond donors (Lipinski definition) is 1. The van der Waals surface area contributed by atoms with E-state index in [1.807, 2.05) is 0 Å². The van der Waals surface area contributed by atoms with Gasteiger partial charge in [0, 0.05) is 33.1 Å². The number of piperazine rings is 1. The fourth-order valence-corrected chi connectivity index (χ4v) is 2.54.